The lowest BCUT2D eigenvalue weighted by atomic mass is 10.3. The monoisotopic (exact) mass is 389 g/mol. The molecule has 2 rings (SSSR count). The third-order valence-electron chi connectivity index (χ3n) is 2.47. The van der Waals surface area contributed by atoms with Crippen LogP contribution >= 0.6 is 43.2 Å². The molecule has 0 aliphatic rings. The van der Waals surface area contributed by atoms with Crippen LogP contribution in [0.15, 0.2) is 26.6 Å². The Hall–Kier alpha value is -0.300. The number of hydrogen-bond donors (Lipinski definition) is 1. The summed E-state index contributed by atoms with van der Waals surface area (Å²) in [5, 5.41) is 6.61. The standard InChI is InChI=1S/C12H13Br2N3S/c1-7-6-18-12(17-7)8(2)15-5-11-10(14)3-9(13)4-16-11/h3-4,6,8,15H,5H2,1-2H3. The van der Waals surface area contributed by atoms with Gasteiger partial charge in [0.1, 0.15) is 5.01 Å². The smallest absolute Gasteiger partial charge is 0.110 e. The molecule has 0 saturated carbocycles. The van der Waals surface area contributed by atoms with Crippen molar-refractivity contribution in [3.8, 4) is 0 Å². The summed E-state index contributed by atoms with van der Waals surface area (Å²) >= 11 is 8.59. The number of nitrogens with zero attached hydrogens (tertiary/aromatic N) is 2. The Morgan fingerprint density at radius 2 is 2.22 bits per heavy atom. The zero-order valence-corrected chi connectivity index (χ0v) is 14.1. The number of hydrogen-bond acceptors (Lipinski definition) is 4. The van der Waals surface area contributed by atoms with Crippen LogP contribution in [0.25, 0.3) is 0 Å². The van der Waals surface area contributed by atoms with Crippen LogP contribution < -0.4 is 5.32 Å². The molecule has 3 nitrogen and oxygen atoms in total. The highest BCUT2D eigenvalue weighted by atomic mass is 79.9. The second-order valence-electron chi connectivity index (χ2n) is 4.01. The maximum atomic E-state index is 4.48. The molecule has 2 aromatic rings. The lowest BCUT2D eigenvalue weighted by molar-refractivity contribution is 0.563. The van der Waals surface area contributed by atoms with Crippen molar-refractivity contribution in [2.45, 2.75) is 26.4 Å². The molecule has 1 unspecified atom stereocenters. The van der Waals surface area contributed by atoms with Crippen LogP contribution in [0.5, 0.6) is 0 Å². The first-order chi connectivity index (χ1) is 8.56. The second-order valence-corrected chi connectivity index (χ2v) is 6.67. The van der Waals surface area contributed by atoms with Crippen molar-refractivity contribution in [3.63, 3.8) is 0 Å². The number of nitrogens with one attached hydrogen (secondary N) is 1. The molecule has 96 valence electrons. The van der Waals surface area contributed by atoms with Gasteiger partial charge in [-0.25, -0.2) is 4.98 Å². The molecule has 0 spiro atoms. The summed E-state index contributed by atoms with van der Waals surface area (Å²) in [6, 6.07) is 2.24. The second kappa shape index (κ2) is 6.23. The summed E-state index contributed by atoms with van der Waals surface area (Å²) in [5.41, 5.74) is 2.07. The molecular weight excluding hydrogens is 378 g/mol. The third kappa shape index (κ3) is 3.60. The summed E-state index contributed by atoms with van der Waals surface area (Å²) in [6.45, 7) is 4.85. The molecule has 1 N–H and O–H groups in total. The van der Waals surface area contributed by atoms with E-state index in [2.05, 4.69) is 59.4 Å². The first-order valence-corrected chi connectivity index (χ1v) is 7.98. The van der Waals surface area contributed by atoms with Gasteiger partial charge >= 0.3 is 0 Å². The molecule has 0 aromatic carbocycles. The van der Waals surface area contributed by atoms with Gasteiger partial charge in [0.2, 0.25) is 0 Å². The Bertz CT molecular complexity index is 542. The molecule has 1 atom stereocenters. The van der Waals surface area contributed by atoms with E-state index in [0.29, 0.717) is 6.54 Å². The van der Waals surface area contributed by atoms with Crippen molar-refractivity contribution in [3.05, 3.63) is 43.0 Å². The maximum absolute atomic E-state index is 4.48. The van der Waals surface area contributed by atoms with Gasteiger partial charge in [-0.1, -0.05) is 0 Å². The van der Waals surface area contributed by atoms with E-state index in [-0.39, 0.29) is 6.04 Å². The fourth-order valence-corrected chi connectivity index (χ4v) is 3.44. The van der Waals surface area contributed by atoms with E-state index in [1.165, 1.54) is 0 Å². The van der Waals surface area contributed by atoms with Crippen molar-refractivity contribution in [2.75, 3.05) is 0 Å². The van der Waals surface area contributed by atoms with Crippen molar-refractivity contribution in [1.29, 1.82) is 0 Å². The molecular formula is C12H13Br2N3S. The zero-order valence-electron chi connectivity index (χ0n) is 10.1. The number of rotatable bonds is 4. The Labute approximate surface area is 127 Å². The highest BCUT2D eigenvalue weighted by Crippen LogP contribution is 2.21. The number of halogens is 2. The molecule has 0 saturated heterocycles. The van der Waals surface area contributed by atoms with E-state index in [1.807, 2.05) is 13.0 Å². The SMILES string of the molecule is Cc1csc(C(C)NCc2ncc(Br)cc2Br)n1. The van der Waals surface area contributed by atoms with Gasteiger partial charge in [-0.3, -0.25) is 4.98 Å². The van der Waals surface area contributed by atoms with E-state index in [0.717, 1.165) is 25.3 Å². The summed E-state index contributed by atoms with van der Waals surface area (Å²) < 4.78 is 1.98. The first-order valence-electron chi connectivity index (χ1n) is 5.51. The molecule has 2 heterocycles. The molecule has 0 aliphatic carbocycles. The lowest BCUT2D eigenvalue weighted by Gasteiger charge is -2.11. The number of aromatic nitrogens is 2. The molecule has 0 amide bonds. The number of aryl methyl sites for hydroxylation is 1. The fraction of sp³-hybridized carbons (Fsp3) is 0.333. The van der Waals surface area contributed by atoms with Crippen LogP contribution in [0.2, 0.25) is 0 Å². The van der Waals surface area contributed by atoms with E-state index in [1.54, 1.807) is 17.5 Å². The summed E-state index contributed by atoms with van der Waals surface area (Å²) in [4.78, 5) is 8.85. The average Bonchev–Trinajstić information content (AvgIpc) is 2.74. The minimum absolute atomic E-state index is 0.237. The predicted molar refractivity (Wildman–Crippen MR) is 81.7 cm³/mol. The van der Waals surface area contributed by atoms with Gasteiger partial charge in [-0.15, -0.1) is 11.3 Å². The predicted octanol–water partition coefficient (Wildman–Crippen LogP) is 4.22. The molecule has 2 aromatic heterocycles. The van der Waals surface area contributed by atoms with Crippen molar-refractivity contribution >= 4 is 43.2 Å². The van der Waals surface area contributed by atoms with Crippen molar-refractivity contribution in [1.82, 2.24) is 15.3 Å². The largest absolute Gasteiger partial charge is 0.302 e. The van der Waals surface area contributed by atoms with E-state index >= 15 is 0 Å². The van der Waals surface area contributed by atoms with Crippen LogP contribution in [0.4, 0.5) is 0 Å². The van der Waals surface area contributed by atoms with Gasteiger partial charge in [0, 0.05) is 32.8 Å². The van der Waals surface area contributed by atoms with Gasteiger partial charge < -0.3 is 5.32 Å². The molecule has 0 aliphatic heterocycles. The fourth-order valence-electron chi connectivity index (χ4n) is 1.48. The van der Waals surface area contributed by atoms with Crippen LogP contribution in [0.1, 0.15) is 29.4 Å². The number of pyridine rings is 1. The van der Waals surface area contributed by atoms with Crippen molar-refractivity contribution < 1.29 is 0 Å². The van der Waals surface area contributed by atoms with Gasteiger partial charge in [-0.05, 0) is 51.8 Å². The third-order valence-corrected chi connectivity index (χ3v) is 4.73. The highest BCUT2D eigenvalue weighted by molar-refractivity contribution is 9.11. The van der Waals surface area contributed by atoms with Gasteiger partial charge in [0.05, 0.1) is 11.7 Å². The van der Waals surface area contributed by atoms with E-state index in [9.17, 15) is 0 Å². The Kier molecular flexibility index (Phi) is 4.89. The van der Waals surface area contributed by atoms with Crippen LogP contribution in [0, 0.1) is 6.92 Å². The average molecular weight is 391 g/mol. The van der Waals surface area contributed by atoms with Gasteiger partial charge in [0.25, 0.3) is 0 Å². The van der Waals surface area contributed by atoms with Crippen molar-refractivity contribution in [2.24, 2.45) is 0 Å². The topological polar surface area (TPSA) is 37.8 Å². The molecule has 6 heteroatoms. The quantitative estimate of drug-likeness (QED) is 0.848. The maximum Gasteiger partial charge on any atom is 0.110 e. The zero-order chi connectivity index (χ0) is 13.1. The van der Waals surface area contributed by atoms with Gasteiger partial charge in [0.15, 0.2) is 0 Å². The molecule has 18 heavy (non-hydrogen) atoms. The summed E-state index contributed by atoms with van der Waals surface area (Å²) in [7, 11) is 0. The highest BCUT2D eigenvalue weighted by Gasteiger charge is 2.10. The van der Waals surface area contributed by atoms with E-state index in [4.69, 9.17) is 0 Å². The van der Waals surface area contributed by atoms with Crippen LogP contribution in [-0.4, -0.2) is 9.97 Å². The molecule has 0 bridgehead atoms. The number of thiazole rings is 1. The molecule has 0 fully saturated rings. The lowest BCUT2D eigenvalue weighted by Crippen LogP contribution is -2.19. The van der Waals surface area contributed by atoms with Gasteiger partial charge in [-0.2, -0.15) is 0 Å². The Morgan fingerprint density at radius 3 is 2.83 bits per heavy atom. The van der Waals surface area contributed by atoms with E-state index < -0.39 is 0 Å². The van der Waals surface area contributed by atoms with Crippen LogP contribution in [0.3, 0.4) is 0 Å². The normalized spacial score (nSPS) is 12.7. The Morgan fingerprint density at radius 1 is 1.44 bits per heavy atom. The van der Waals surface area contributed by atoms with Crippen LogP contribution in [-0.2, 0) is 6.54 Å². The molecule has 0 radical (unpaired) electrons. The minimum Gasteiger partial charge on any atom is -0.302 e. The summed E-state index contributed by atoms with van der Waals surface area (Å²) in [5.74, 6) is 0. The summed E-state index contributed by atoms with van der Waals surface area (Å²) in [6.07, 6.45) is 1.81. The first kappa shape index (κ1) is 14.1. The Balaban J connectivity index is 1.99. The minimum atomic E-state index is 0.237.